The van der Waals surface area contributed by atoms with Gasteiger partial charge in [-0.3, -0.25) is 4.68 Å². The molecule has 0 radical (unpaired) electrons. The van der Waals surface area contributed by atoms with Gasteiger partial charge >= 0.3 is 0 Å². The van der Waals surface area contributed by atoms with Gasteiger partial charge in [-0.2, -0.15) is 5.10 Å². The van der Waals surface area contributed by atoms with Crippen LogP contribution in [-0.4, -0.2) is 23.4 Å². The second-order valence-corrected chi connectivity index (χ2v) is 5.71. The molecule has 0 fully saturated rings. The number of hydrogen-bond donors (Lipinski definition) is 0. The minimum absolute atomic E-state index is 1.12. The minimum Gasteiger partial charge on any atom is -0.358 e. The first kappa shape index (κ1) is 16.1. The van der Waals surface area contributed by atoms with Crippen LogP contribution in [-0.2, 0) is 7.05 Å². The van der Waals surface area contributed by atoms with Gasteiger partial charge < -0.3 is 4.90 Å². The monoisotopic (exact) mass is 265 g/mol. The van der Waals surface area contributed by atoms with Crippen molar-refractivity contribution in [2.24, 2.45) is 7.05 Å². The van der Waals surface area contributed by atoms with Crippen LogP contribution in [0, 0.1) is 6.92 Å². The molecule has 1 aromatic heterocycles. The van der Waals surface area contributed by atoms with Gasteiger partial charge in [0.2, 0.25) is 0 Å². The molecule has 0 aliphatic rings. The van der Waals surface area contributed by atoms with Crippen molar-refractivity contribution in [1.82, 2.24) is 9.78 Å². The first-order valence-electron chi connectivity index (χ1n) is 7.86. The molecule has 0 aromatic carbocycles. The molecule has 1 rings (SSSR count). The van der Waals surface area contributed by atoms with E-state index in [1.165, 1.54) is 56.9 Å². The lowest BCUT2D eigenvalue weighted by atomic mass is 10.1. The van der Waals surface area contributed by atoms with Crippen molar-refractivity contribution < 1.29 is 0 Å². The number of anilines is 1. The molecule has 0 N–H and O–H groups in total. The van der Waals surface area contributed by atoms with Crippen LogP contribution in [0.1, 0.15) is 63.9 Å². The summed E-state index contributed by atoms with van der Waals surface area (Å²) in [5.74, 6) is 1.13. The zero-order chi connectivity index (χ0) is 14.1. The third-order valence-corrected chi connectivity index (χ3v) is 3.69. The van der Waals surface area contributed by atoms with E-state index in [1.54, 1.807) is 0 Å². The SMILES string of the molecule is CCCCCCCCCCN(C)c1nn(C)cc1C. The number of aromatic nitrogens is 2. The Bertz CT molecular complexity index is 344. The Morgan fingerprint density at radius 2 is 1.63 bits per heavy atom. The summed E-state index contributed by atoms with van der Waals surface area (Å²) in [7, 11) is 4.14. The van der Waals surface area contributed by atoms with E-state index in [4.69, 9.17) is 0 Å². The minimum atomic E-state index is 1.12. The van der Waals surface area contributed by atoms with E-state index < -0.39 is 0 Å². The highest BCUT2D eigenvalue weighted by molar-refractivity contribution is 5.43. The summed E-state index contributed by atoms with van der Waals surface area (Å²) < 4.78 is 1.90. The number of rotatable bonds is 10. The number of unbranched alkanes of at least 4 members (excludes halogenated alkanes) is 7. The van der Waals surface area contributed by atoms with E-state index in [0.717, 1.165) is 12.4 Å². The Hall–Kier alpha value is -0.990. The molecule has 110 valence electrons. The summed E-state index contributed by atoms with van der Waals surface area (Å²) in [6.07, 6.45) is 13.1. The number of hydrogen-bond acceptors (Lipinski definition) is 2. The van der Waals surface area contributed by atoms with Crippen LogP contribution in [0.2, 0.25) is 0 Å². The van der Waals surface area contributed by atoms with Crippen molar-refractivity contribution >= 4 is 5.82 Å². The van der Waals surface area contributed by atoms with Gasteiger partial charge in [0.15, 0.2) is 5.82 Å². The number of aryl methyl sites for hydroxylation is 2. The standard InChI is InChI=1S/C16H31N3/c1-5-6-7-8-9-10-11-12-13-18(3)16-15(2)14-19(4)17-16/h14H,5-13H2,1-4H3. The van der Waals surface area contributed by atoms with Gasteiger partial charge in [0.1, 0.15) is 0 Å². The molecule has 0 saturated carbocycles. The molecule has 0 atom stereocenters. The van der Waals surface area contributed by atoms with Crippen molar-refractivity contribution in [1.29, 1.82) is 0 Å². The fourth-order valence-corrected chi connectivity index (χ4v) is 2.56. The Morgan fingerprint density at radius 1 is 1.05 bits per heavy atom. The second-order valence-electron chi connectivity index (χ2n) is 5.71. The molecular formula is C16H31N3. The van der Waals surface area contributed by atoms with Crippen LogP contribution in [0.15, 0.2) is 6.20 Å². The molecule has 0 aliphatic carbocycles. The molecule has 0 spiro atoms. The highest BCUT2D eigenvalue weighted by Crippen LogP contribution is 2.16. The van der Waals surface area contributed by atoms with Crippen LogP contribution in [0.5, 0.6) is 0 Å². The maximum absolute atomic E-state index is 4.50. The third-order valence-electron chi connectivity index (χ3n) is 3.69. The van der Waals surface area contributed by atoms with Crippen molar-refractivity contribution in [2.45, 2.75) is 65.2 Å². The Labute approximate surface area is 119 Å². The fourth-order valence-electron chi connectivity index (χ4n) is 2.56. The average Bonchev–Trinajstić information content (AvgIpc) is 2.71. The third kappa shape index (κ3) is 6.13. The molecule has 1 heterocycles. The zero-order valence-electron chi connectivity index (χ0n) is 13.3. The van der Waals surface area contributed by atoms with Crippen molar-refractivity contribution in [2.75, 3.05) is 18.5 Å². The Morgan fingerprint density at radius 3 is 2.16 bits per heavy atom. The average molecular weight is 265 g/mol. The summed E-state index contributed by atoms with van der Waals surface area (Å²) in [6.45, 7) is 5.52. The molecule has 1 aromatic rings. The topological polar surface area (TPSA) is 21.1 Å². The first-order chi connectivity index (χ1) is 9.15. The number of nitrogens with zero attached hydrogens (tertiary/aromatic N) is 3. The highest BCUT2D eigenvalue weighted by atomic mass is 15.3. The summed E-state index contributed by atoms with van der Waals surface area (Å²) in [5.41, 5.74) is 1.27. The van der Waals surface area contributed by atoms with Gasteiger partial charge in [-0.05, 0) is 13.3 Å². The van der Waals surface area contributed by atoms with Gasteiger partial charge in [0.05, 0.1) is 0 Å². The van der Waals surface area contributed by atoms with Gasteiger partial charge in [0, 0.05) is 32.4 Å². The Balaban J connectivity index is 2.08. The van der Waals surface area contributed by atoms with Crippen molar-refractivity contribution in [3.63, 3.8) is 0 Å². The normalized spacial score (nSPS) is 10.9. The van der Waals surface area contributed by atoms with Gasteiger partial charge in [-0.15, -0.1) is 0 Å². The zero-order valence-corrected chi connectivity index (χ0v) is 13.3. The highest BCUT2D eigenvalue weighted by Gasteiger charge is 2.07. The van der Waals surface area contributed by atoms with Crippen LogP contribution < -0.4 is 4.90 Å². The molecule has 19 heavy (non-hydrogen) atoms. The molecule has 0 aliphatic heterocycles. The lowest BCUT2D eigenvalue weighted by Gasteiger charge is -2.17. The summed E-state index contributed by atoms with van der Waals surface area (Å²) in [5, 5.41) is 4.50. The predicted molar refractivity (Wildman–Crippen MR) is 83.8 cm³/mol. The summed E-state index contributed by atoms with van der Waals surface area (Å²) >= 11 is 0. The molecular weight excluding hydrogens is 234 g/mol. The van der Waals surface area contributed by atoms with Crippen molar-refractivity contribution in [3.8, 4) is 0 Å². The van der Waals surface area contributed by atoms with E-state index in [2.05, 4.69) is 37.1 Å². The largest absolute Gasteiger partial charge is 0.358 e. The van der Waals surface area contributed by atoms with E-state index in [0.29, 0.717) is 0 Å². The van der Waals surface area contributed by atoms with E-state index in [1.807, 2.05) is 11.7 Å². The van der Waals surface area contributed by atoms with Crippen LogP contribution >= 0.6 is 0 Å². The quantitative estimate of drug-likeness (QED) is 0.588. The molecule has 3 heteroatoms. The molecule has 0 bridgehead atoms. The molecule has 3 nitrogen and oxygen atoms in total. The lowest BCUT2D eigenvalue weighted by Crippen LogP contribution is -2.19. The van der Waals surface area contributed by atoms with E-state index >= 15 is 0 Å². The second kappa shape index (κ2) is 9.00. The predicted octanol–water partition coefficient (Wildman–Crippen LogP) is 4.31. The van der Waals surface area contributed by atoms with Crippen molar-refractivity contribution in [3.05, 3.63) is 11.8 Å². The smallest absolute Gasteiger partial charge is 0.153 e. The maximum Gasteiger partial charge on any atom is 0.153 e. The van der Waals surface area contributed by atoms with E-state index in [9.17, 15) is 0 Å². The van der Waals surface area contributed by atoms with Crippen LogP contribution in [0.4, 0.5) is 5.82 Å². The van der Waals surface area contributed by atoms with Gasteiger partial charge in [-0.25, -0.2) is 0 Å². The van der Waals surface area contributed by atoms with Gasteiger partial charge in [0.25, 0.3) is 0 Å². The van der Waals surface area contributed by atoms with Crippen LogP contribution in [0.3, 0.4) is 0 Å². The molecule has 0 amide bonds. The summed E-state index contributed by atoms with van der Waals surface area (Å²) in [4.78, 5) is 2.28. The fraction of sp³-hybridized carbons (Fsp3) is 0.812. The molecule has 0 unspecified atom stereocenters. The van der Waals surface area contributed by atoms with Crippen LogP contribution in [0.25, 0.3) is 0 Å². The maximum atomic E-state index is 4.50. The molecule has 0 saturated heterocycles. The summed E-state index contributed by atoms with van der Waals surface area (Å²) in [6, 6.07) is 0. The Kier molecular flexibility index (Phi) is 7.61. The van der Waals surface area contributed by atoms with Gasteiger partial charge in [-0.1, -0.05) is 51.9 Å². The lowest BCUT2D eigenvalue weighted by molar-refractivity contribution is 0.574. The first-order valence-corrected chi connectivity index (χ1v) is 7.86. The van der Waals surface area contributed by atoms with E-state index in [-0.39, 0.29) is 0 Å².